The first-order valence-corrected chi connectivity index (χ1v) is 10.4. The predicted octanol–water partition coefficient (Wildman–Crippen LogP) is 6.52. The van der Waals surface area contributed by atoms with Crippen molar-refractivity contribution in [1.29, 1.82) is 0 Å². The molecular formula is C26H34N2. The fraction of sp³-hybridized carbons (Fsp3) is 0.423. The Labute approximate surface area is 171 Å². The van der Waals surface area contributed by atoms with Crippen LogP contribution in [0.15, 0.2) is 41.9 Å². The summed E-state index contributed by atoms with van der Waals surface area (Å²) in [5, 5.41) is 0. The molecule has 1 aliphatic heterocycles. The van der Waals surface area contributed by atoms with Crippen molar-refractivity contribution in [2.75, 3.05) is 22.9 Å². The van der Waals surface area contributed by atoms with Crippen molar-refractivity contribution in [3.8, 4) is 0 Å². The second-order valence-corrected chi connectivity index (χ2v) is 8.68. The van der Waals surface area contributed by atoms with Crippen LogP contribution in [0.3, 0.4) is 0 Å². The summed E-state index contributed by atoms with van der Waals surface area (Å²) in [4.78, 5) is 4.92. The standard InChI is InChI=1S/C26H34N2/c1-17(2)9-10-24-27(25-20(5)13-18(3)14-21(25)6)11-12-28(24)26-22(7)15-19(4)16-23(26)8/h9,13-17H,11-12H2,1-8H3. The Balaban J connectivity index is 2.17. The monoisotopic (exact) mass is 374 g/mol. The van der Waals surface area contributed by atoms with Gasteiger partial charge in [0.05, 0.1) is 0 Å². The molecule has 2 heteroatoms. The number of nitrogens with zero attached hydrogens (tertiary/aromatic N) is 2. The quantitative estimate of drug-likeness (QED) is 0.565. The van der Waals surface area contributed by atoms with Gasteiger partial charge >= 0.3 is 0 Å². The molecular weight excluding hydrogens is 340 g/mol. The Morgan fingerprint density at radius 3 is 1.39 bits per heavy atom. The number of anilines is 2. The second kappa shape index (κ2) is 7.89. The minimum absolute atomic E-state index is 0.470. The summed E-state index contributed by atoms with van der Waals surface area (Å²) in [5.74, 6) is 1.64. The molecule has 1 saturated heterocycles. The largest absolute Gasteiger partial charge is 0.319 e. The highest BCUT2D eigenvalue weighted by atomic mass is 15.4. The van der Waals surface area contributed by atoms with Gasteiger partial charge in [-0.1, -0.05) is 55.0 Å². The first-order valence-electron chi connectivity index (χ1n) is 10.4. The van der Waals surface area contributed by atoms with Crippen LogP contribution in [0.1, 0.15) is 47.2 Å². The predicted molar refractivity (Wildman–Crippen MR) is 122 cm³/mol. The lowest BCUT2D eigenvalue weighted by Gasteiger charge is -2.28. The first-order chi connectivity index (χ1) is 13.2. The number of benzene rings is 2. The van der Waals surface area contributed by atoms with Gasteiger partial charge in [-0.15, -0.1) is 0 Å². The van der Waals surface area contributed by atoms with Crippen molar-refractivity contribution in [3.05, 3.63) is 75.3 Å². The van der Waals surface area contributed by atoms with Gasteiger partial charge in [0, 0.05) is 24.5 Å². The average Bonchev–Trinajstić information content (AvgIpc) is 2.94. The minimum Gasteiger partial charge on any atom is -0.319 e. The molecule has 3 rings (SSSR count). The van der Waals surface area contributed by atoms with Crippen molar-refractivity contribution < 1.29 is 0 Å². The Morgan fingerprint density at radius 2 is 1.07 bits per heavy atom. The number of hydrogen-bond acceptors (Lipinski definition) is 2. The fourth-order valence-electron chi connectivity index (χ4n) is 4.59. The van der Waals surface area contributed by atoms with Crippen LogP contribution < -0.4 is 9.80 Å². The first kappa shape index (κ1) is 20.3. The maximum Gasteiger partial charge on any atom is 0.158 e. The Morgan fingerprint density at radius 1 is 0.714 bits per heavy atom. The zero-order valence-electron chi connectivity index (χ0n) is 18.8. The molecule has 0 amide bonds. The molecule has 0 aliphatic carbocycles. The summed E-state index contributed by atoms with van der Waals surface area (Å²) in [5.41, 5.74) is 14.3. The molecule has 2 aromatic rings. The molecule has 0 saturated carbocycles. The van der Waals surface area contributed by atoms with Crippen LogP contribution in [0.2, 0.25) is 0 Å². The van der Waals surface area contributed by atoms with E-state index in [1.165, 1.54) is 50.6 Å². The minimum atomic E-state index is 0.470. The fourth-order valence-corrected chi connectivity index (χ4v) is 4.59. The molecule has 0 spiro atoms. The van der Waals surface area contributed by atoms with Gasteiger partial charge in [0.25, 0.3) is 0 Å². The molecule has 0 unspecified atom stereocenters. The van der Waals surface area contributed by atoms with Crippen molar-refractivity contribution >= 4 is 11.4 Å². The summed E-state index contributed by atoms with van der Waals surface area (Å²) >= 11 is 0. The van der Waals surface area contributed by atoms with E-state index in [1.807, 2.05) is 0 Å². The van der Waals surface area contributed by atoms with Crippen LogP contribution in [0.25, 0.3) is 0 Å². The molecule has 2 aromatic carbocycles. The van der Waals surface area contributed by atoms with Crippen LogP contribution in [-0.4, -0.2) is 13.1 Å². The molecule has 28 heavy (non-hydrogen) atoms. The molecule has 0 N–H and O–H groups in total. The van der Waals surface area contributed by atoms with Gasteiger partial charge in [0.1, 0.15) is 0 Å². The molecule has 148 valence electrons. The van der Waals surface area contributed by atoms with Gasteiger partial charge in [-0.3, -0.25) is 0 Å². The van der Waals surface area contributed by atoms with Crippen molar-refractivity contribution in [2.45, 2.75) is 55.4 Å². The van der Waals surface area contributed by atoms with E-state index in [0.717, 1.165) is 13.1 Å². The van der Waals surface area contributed by atoms with Crippen LogP contribution in [0.5, 0.6) is 0 Å². The number of allylic oxidation sites excluding steroid dienone is 1. The van der Waals surface area contributed by atoms with E-state index in [2.05, 4.69) is 101 Å². The van der Waals surface area contributed by atoms with Gasteiger partial charge in [-0.05, 0) is 75.8 Å². The van der Waals surface area contributed by atoms with Gasteiger partial charge in [-0.25, -0.2) is 0 Å². The molecule has 1 heterocycles. The Hall–Kier alpha value is -2.44. The van der Waals surface area contributed by atoms with Crippen molar-refractivity contribution in [3.63, 3.8) is 0 Å². The molecule has 0 bridgehead atoms. The van der Waals surface area contributed by atoms with E-state index in [-0.39, 0.29) is 0 Å². The summed E-state index contributed by atoms with van der Waals surface area (Å²) in [6.45, 7) is 19.6. The van der Waals surface area contributed by atoms with Gasteiger partial charge in [0.15, 0.2) is 5.82 Å². The van der Waals surface area contributed by atoms with E-state index in [0.29, 0.717) is 5.92 Å². The van der Waals surface area contributed by atoms with Gasteiger partial charge in [0.2, 0.25) is 0 Å². The van der Waals surface area contributed by atoms with E-state index < -0.39 is 0 Å². The number of rotatable bonds is 3. The van der Waals surface area contributed by atoms with Crippen LogP contribution in [0, 0.1) is 47.5 Å². The van der Waals surface area contributed by atoms with E-state index in [4.69, 9.17) is 0 Å². The molecule has 0 radical (unpaired) electrons. The van der Waals surface area contributed by atoms with E-state index >= 15 is 0 Å². The third-order valence-corrected chi connectivity index (χ3v) is 5.41. The smallest absolute Gasteiger partial charge is 0.158 e. The summed E-state index contributed by atoms with van der Waals surface area (Å²) in [7, 11) is 0. The molecule has 2 nitrogen and oxygen atoms in total. The summed E-state index contributed by atoms with van der Waals surface area (Å²) < 4.78 is 0. The third-order valence-electron chi connectivity index (χ3n) is 5.41. The highest BCUT2D eigenvalue weighted by Gasteiger charge is 2.30. The summed E-state index contributed by atoms with van der Waals surface area (Å²) in [6.07, 6.45) is 2.19. The Kier molecular flexibility index (Phi) is 5.72. The van der Waals surface area contributed by atoms with Crippen molar-refractivity contribution in [1.82, 2.24) is 0 Å². The SMILES string of the molecule is Cc1cc(C)c(N2CCN(c3c(C)cc(C)cc3C)C2=C=CC(C)C)c(C)c1. The average molecular weight is 375 g/mol. The lowest BCUT2D eigenvalue weighted by Crippen LogP contribution is -2.24. The topological polar surface area (TPSA) is 6.48 Å². The van der Waals surface area contributed by atoms with Gasteiger partial charge < -0.3 is 9.80 Å². The molecule has 0 aromatic heterocycles. The molecule has 0 atom stereocenters. The third kappa shape index (κ3) is 3.88. The van der Waals surface area contributed by atoms with E-state index in [9.17, 15) is 0 Å². The number of hydrogen-bond donors (Lipinski definition) is 0. The maximum atomic E-state index is 3.66. The van der Waals surface area contributed by atoms with Crippen molar-refractivity contribution in [2.24, 2.45) is 5.92 Å². The van der Waals surface area contributed by atoms with Gasteiger partial charge in [-0.2, -0.15) is 0 Å². The van der Waals surface area contributed by atoms with E-state index in [1.54, 1.807) is 0 Å². The molecule has 1 aliphatic rings. The molecule has 1 fully saturated rings. The normalized spacial score (nSPS) is 14.1. The zero-order valence-corrected chi connectivity index (χ0v) is 18.8. The summed E-state index contributed by atoms with van der Waals surface area (Å²) in [6, 6.07) is 9.16. The van der Waals surface area contributed by atoms with Crippen LogP contribution >= 0.6 is 0 Å². The second-order valence-electron chi connectivity index (χ2n) is 8.68. The Bertz CT molecular complexity index is 845. The maximum absolute atomic E-state index is 3.66. The van der Waals surface area contributed by atoms with Crippen LogP contribution in [0.4, 0.5) is 11.4 Å². The lowest BCUT2D eigenvalue weighted by atomic mass is 10.0. The lowest BCUT2D eigenvalue weighted by molar-refractivity contribution is 0.831. The zero-order chi connectivity index (χ0) is 20.6. The number of aryl methyl sites for hydroxylation is 6. The highest BCUT2D eigenvalue weighted by Crippen LogP contribution is 2.37. The highest BCUT2D eigenvalue weighted by molar-refractivity contribution is 5.72. The van der Waals surface area contributed by atoms with Crippen LogP contribution in [-0.2, 0) is 0 Å².